The van der Waals surface area contributed by atoms with Gasteiger partial charge in [0.1, 0.15) is 0 Å². The molecule has 1 spiro atoms. The van der Waals surface area contributed by atoms with Gasteiger partial charge in [-0.1, -0.05) is 36.4 Å². The Morgan fingerprint density at radius 2 is 1.93 bits per heavy atom. The maximum atomic E-state index is 12.9. The Balaban J connectivity index is 0.000000405. The molecular formula is C30H27F3N4O4S. The van der Waals surface area contributed by atoms with Crippen molar-refractivity contribution < 1.29 is 32.6 Å². The van der Waals surface area contributed by atoms with E-state index in [-0.39, 0.29) is 11.8 Å². The molecule has 218 valence electrons. The maximum absolute atomic E-state index is 12.9. The number of para-hydroxylation sites is 1. The molecule has 4 aromatic rings. The zero-order chi connectivity index (χ0) is 29.5. The number of carboxylic acids is 1. The van der Waals surface area contributed by atoms with Crippen molar-refractivity contribution in [2.24, 2.45) is 0 Å². The number of nitrogens with one attached hydrogen (secondary N) is 2. The molecule has 3 N–H and O–H groups in total. The topological polar surface area (TPSA) is 108 Å². The van der Waals surface area contributed by atoms with E-state index in [1.165, 1.54) is 16.0 Å². The molecule has 8 nitrogen and oxygen atoms in total. The first-order valence-corrected chi connectivity index (χ1v) is 14.3. The summed E-state index contributed by atoms with van der Waals surface area (Å²) in [5.74, 6) is -2.43. The number of fused-ring (bicyclic) bond motifs is 3. The number of amides is 1. The summed E-state index contributed by atoms with van der Waals surface area (Å²) < 4.78 is 37.2. The number of ether oxygens (including phenoxy) is 1. The van der Waals surface area contributed by atoms with Gasteiger partial charge in [0.2, 0.25) is 5.91 Å². The summed E-state index contributed by atoms with van der Waals surface area (Å²) in [6.07, 6.45) is -0.00986. The van der Waals surface area contributed by atoms with Crippen LogP contribution >= 0.6 is 11.3 Å². The highest BCUT2D eigenvalue weighted by molar-refractivity contribution is 7.10. The van der Waals surface area contributed by atoms with E-state index in [9.17, 15) is 18.0 Å². The van der Waals surface area contributed by atoms with Crippen LogP contribution in [0.15, 0.2) is 53.9 Å². The van der Waals surface area contributed by atoms with Gasteiger partial charge in [-0.25, -0.2) is 4.79 Å². The van der Waals surface area contributed by atoms with Crippen molar-refractivity contribution in [2.75, 3.05) is 31.6 Å². The Morgan fingerprint density at radius 3 is 2.69 bits per heavy atom. The predicted molar refractivity (Wildman–Crippen MR) is 153 cm³/mol. The zero-order valence-corrected chi connectivity index (χ0v) is 23.1. The number of morpholine rings is 1. The van der Waals surface area contributed by atoms with E-state index in [1.54, 1.807) is 11.3 Å². The van der Waals surface area contributed by atoms with Crippen LogP contribution < -0.4 is 5.32 Å². The van der Waals surface area contributed by atoms with Crippen molar-refractivity contribution in [2.45, 2.75) is 30.5 Å². The average molecular weight is 597 g/mol. The number of aromatic amines is 1. The molecule has 2 aromatic carbocycles. The van der Waals surface area contributed by atoms with E-state index < -0.39 is 17.6 Å². The van der Waals surface area contributed by atoms with Gasteiger partial charge >= 0.3 is 12.1 Å². The number of hydrogen-bond donors (Lipinski definition) is 3. The normalized spacial score (nSPS) is 21.8. The fourth-order valence-corrected chi connectivity index (χ4v) is 6.57. The van der Waals surface area contributed by atoms with Gasteiger partial charge in [0, 0.05) is 41.5 Å². The molecule has 2 atom stereocenters. The third-order valence-corrected chi connectivity index (χ3v) is 8.81. The Kier molecular flexibility index (Phi) is 7.37. The summed E-state index contributed by atoms with van der Waals surface area (Å²) in [6.45, 7) is 4.65. The van der Waals surface area contributed by atoms with E-state index in [2.05, 4.69) is 68.3 Å². The number of alkyl halides is 3. The van der Waals surface area contributed by atoms with Gasteiger partial charge in [-0.15, -0.1) is 11.3 Å². The number of thiophene rings is 1. The van der Waals surface area contributed by atoms with Crippen LogP contribution in [0.4, 0.5) is 18.9 Å². The molecule has 4 heterocycles. The van der Waals surface area contributed by atoms with Gasteiger partial charge in [-0.2, -0.15) is 18.3 Å². The summed E-state index contributed by atoms with van der Waals surface area (Å²) in [7, 11) is 0. The lowest BCUT2D eigenvalue weighted by Gasteiger charge is -2.25. The average Bonchev–Trinajstić information content (AvgIpc) is 3.19. The number of benzene rings is 2. The molecule has 42 heavy (non-hydrogen) atoms. The molecule has 1 saturated heterocycles. The lowest BCUT2D eigenvalue weighted by atomic mass is 9.92. The lowest BCUT2D eigenvalue weighted by Crippen LogP contribution is -2.35. The van der Waals surface area contributed by atoms with Gasteiger partial charge in [-0.3, -0.25) is 14.8 Å². The van der Waals surface area contributed by atoms with Crippen LogP contribution in [-0.4, -0.2) is 64.6 Å². The van der Waals surface area contributed by atoms with Crippen LogP contribution in [0.25, 0.3) is 23.1 Å². The molecule has 2 aliphatic heterocycles. The first kappa shape index (κ1) is 28.1. The molecule has 0 radical (unpaired) electrons. The standard InChI is InChI=1S/C28H26N4O2S.C2HF3O2/c33-27-28(22-3-1-2-4-25(22)29-27)15-23(28)19-6-7-21-24(30-31-26(21)14-19)8-5-18-13-20(35-17-18)16-32-9-11-34-12-10-32;3-2(4,5)1(6)7/h1-8,13-14,17,23H,9-12,15-16H2,(H,29,33)(H,30,31);(H,6,7)/b8-5+;/t23-,28-;/m0./s1. The highest BCUT2D eigenvalue weighted by Crippen LogP contribution is 2.65. The maximum Gasteiger partial charge on any atom is 0.490 e. The summed E-state index contributed by atoms with van der Waals surface area (Å²) >= 11 is 1.81. The summed E-state index contributed by atoms with van der Waals surface area (Å²) in [5, 5.41) is 21.3. The van der Waals surface area contributed by atoms with Crippen molar-refractivity contribution in [3.05, 3.63) is 81.2 Å². The van der Waals surface area contributed by atoms with Crippen molar-refractivity contribution in [1.29, 1.82) is 0 Å². The number of nitrogens with zero attached hydrogens (tertiary/aromatic N) is 2. The Hall–Kier alpha value is -4.00. The number of hydrogen-bond acceptors (Lipinski definition) is 6. The number of rotatable bonds is 5. The molecule has 2 fully saturated rings. The van der Waals surface area contributed by atoms with Crippen molar-refractivity contribution in [1.82, 2.24) is 15.1 Å². The minimum atomic E-state index is -5.08. The zero-order valence-electron chi connectivity index (χ0n) is 22.3. The quantitative estimate of drug-likeness (QED) is 0.275. The number of aromatic nitrogens is 2. The number of halogens is 3. The number of carboxylic acid groups (broad SMARTS) is 1. The Bertz CT molecular complexity index is 1670. The fraction of sp³-hybridized carbons (Fsp3) is 0.300. The number of H-pyrrole nitrogens is 1. The van der Waals surface area contributed by atoms with Crippen LogP contribution in [-0.2, 0) is 26.3 Å². The molecule has 3 aliphatic rings. The fourth-order valence-electron chi connectivity index (χ4n) is 5.68. The molecule has 1 saturated carbocycles. The molecule has 0 bridgehead atoms. The number of anilines is 1. The molecule has 0 unspecified atom stereocenters. The van der Waals surface area contributed by atoms with E-state index >= 15 is 0 Å². The van der Waals surface area contributed by atoms with Gasteiger partial charge in [0.25, 0.3) is 0 Å². The van der Waals surface area contributed by atoms with Gasteiger partial charge in [-0.05, 0) is 52.8 Å². The second-order valence-electron chi connectivity index (χ2n) is 10.5. The Labute approximate surface area is 242 Å². The molecule has 1 amide bonds. The molecule has 7 rings (SSSR count). The van der Waals surface area contributed by atoms with Crippen molar-refractivity contribution >= 4 is 52.0 Å². The summed E-state index contributed by atoms with van der Waals surface area (Å²) in [6, 6.07) is 16.8. The van der Waals surface area contributed by atoms with Gasteiger partial charge < -0.3 is 15.2 Å². The Morgan fingerprint density at radius 1 is 1.17 bits per heavy atom. The second kappa shape index (κ2) is 11.0. The monoisotopic (exact) mass is 596 g/mol. The van der Waals surface area contributed by atoms with E-state index in [0.29, 0.717) is 0 Å². The SMILES string of the molecule is O=C(O)C(F)(F)F.O=C1Nc2ccccc2[C@]12C[C@H]2c1ccc2c(/C=C/c3csc(CN4CCOCC4)c3)n[nH]c2c1. The molecule has 12 heteroatoms. The summed E-state index contributed by atoms with van der Waals surface area (Å²) in [5.41, 5.74) is 6.01. The first-order chi connectivity index (χ1) is 20.1. The minimum Gasteiger partial charge on any atom is -0.475 e. The molecular weight excluding hydrogens is 569 g/mol. The first-order valence-electron chi connectivity index (χ1n) is 13.4. The lowest BCUT2D eigenvalue weighted by molar-refractivity contribution is -0.192. The van der Waals surface area contributed by atoms with Crippen LogP contribution in [0, 0.1) is 0 Å². The van der Waals surface area contributed by atoms with Crippen molar-refractivity contribution in [3.8, 4) is 0 Å². The molecule has 2 aromatic heterocycles. The highest BCUT2D eigenvalue weighted by Gasteiger charge is 2.65. The summed E-state index contributed by atoms with van der Waals surface area (Å²) in [4.78, 5) is 25.6. The van der Waals surface area contributed by atoms with Crippen LogP contribution in [0.5, 0.6) is 0 Å². The van der Waals surface area contributed by atoms with Crippen LogP contribution in [0.1, 0.15) is 39.6 Å². The second-order valence-corrected chi connectivity index (χ2v) is 11.5. The third kappa shape index (κ3) is 5.44. The van der Waals surface area contributed by atoms with Crippen LogP contribution in [0.2, 0.25) is 0 Å². The van der Waals surface area contributed by atoms with Crippen molar-refractivity contribution in [3.63, 3.8) is 0 Å². The number of carbonyl (C=O) groups is 2. The minimum absolute atomic E-state index is 0.126. The smallest absolute Gasteiger partial charge is 0.475 e. The third-order valence-electron chi connectivity index (χ3n) is 7.87. The van der Waals surface area contributed by atoms with E-state index in [4.69, 9.17) is 14.6 Å². The highest BCUT2D eigenvalue weighted by atomic mass is 32.1. The van der Waals surface area contributed by atoms with Gasteiger partial charge in [0.15, 0.2) is 0 Å². The van der Waals surface area contributed by atoms with E-state index in [1.807, 2.05) is 18.2 Å². The number of aliphatic carboxylic acids is 1. The largest absolute Gasteiger partial charge is 0.490 e. The van der Waals surface area contributed by atoms with Gasteiger partial charge in [0.05, 0.1) is 29.8 Å². The number of carbonyl (C=O) groups excluding carboxylic acids is 1. The predicted octanol–water partition coefficient (Wildman–Crippen LogP) is 5.64. The molecule has 1 aliphatic carbocycles. The van der Waals surface area contributed by atoms with E-state index in [0.717, 1.165) is 67.1 Å². The van der Waals surface area contributed by atoms with Crippen LogP contribution in [0.3, 0.4) is 0 Å².